The Morgan fingerprint density at radius 2 is 1.93 bits per heavy atom. The van der Waals surface area contributed by atoms with Crippen molar-refractivity contribution >= 4 is 0 Å². The molecule has 1 saturated heterocycles. The number of hydrogen-bond acceptors (Lipinski definition) is 0. The molecule has 1 aromatic carbocycles. The van der Waals surface area contributed by atoms with Crippen LogP contribution in [0.25, 0.3) is 0 Å². The maximum atomic E-state index is 2.41. The number of likely N-dealkylation sites (N-methyl/N-ethyl adjacent to an activating group) is 1. The fourth-order valence-corrected chi connectivity index (χ4v) is 3.42. The molecule has 0 aromatic heterocycles. The van der Waals surface area contributed by atoms with Crippen molar-refractivity contribution in [2.24, 2.45) is 0 Å². The zero-order chi connectivity index (χ0) is 9.92. The summed E-state index contributed by atoms with van der Waals surface area (Å²) in [5.74, 6) is 0. The van der Waals surface area contributed by atoms with E-state index in [0.717, 1.165) is 12.1 Å². The van der Waals surface area contributed by atoms with Crippen molar-refractivity contribution in [3.8, 4) is 0 Å². The molecule has 4 atom stereocenters. The van der Waals surface area contributed by atoms with Crippen LogP contribution < -0.4 is 0 Å². The zero-order valence-corrected chi connectivity index (χ0v) is 9.20. The van der Waals surface area contributed by atoms with Crippen molar-refractivity contribution in [1.29, 1.82) is 0 Å². The molecule has 0 aliphatic carbocycles. The van der Waals surface area contributed by atoms with Gasteiger partial charge in [-0.15, -0.1) is 0 Å². The van der Waals surface area contributed by atoms with Gasteiger partial charge in [0.1, 0.15) is 18.1 Å². The summed E-state index contributed by atoms with van der Waals surface area (Å²) in [5.41, 5.74) is 3.17. The Kier molecular flexibility index (Phi) is 1.46. The highest BCUT2D eigenvalue weighted by Crippen LogP contribution is 2.52. The summed E-state index contributed by atoms with van der Waals surface area (Å²) in [6.45, 7) is 4.78. The van der Waals surface area contributed by atoms with Gasteiger partial charge in [0.25, 0.3) is 0 Å². The summed E-state index contributed by atoms with van der Waals surface area (Å²) in [7, 11) is 2.41. The average Bonchev–Trinajstić information content (AvgIpc) is 2.73. The second-order valence-electron chi connectivity index (χ2n) is 5.11. The first-order valence-electron chi connectivity index (χ1n) is 5.59. The number of benzene rings is 1. The highest BCUT2D eigenvalue weighted by Gasteiger charge is 2.65. The van der Waals surface area contributed by atoms with Gasteiger partial charge in [-0.2, -0.15) is 0 Å². The van der Waals surface area contributed by atoms with Gasteiger partial charge in [0, 0.05) is 12.0 Å². The van der Waals surface area contributed by atoms with Crippen LogP contribution in [0.1, 0.15) is 31.0 Å². The van der Waals surface area contributed by atoms with E-state index in [9.17, 15) is 0 Å². The van der Waals surface area contributed by atoms with Gasteiger partial charge < -0.3 is 4.48 Å². The molecule has 1 aromatic rings. The lowest BCUT2D eigenvalue weighted by Crippen LogP contribution is -2.33. The van der Waals surface area contributed by atoms with Crippen molar-refractivity contribution < 1.29 is 4.48 Å². The van der Waals surface area contributed by atoms with Gasteiger partial charge in [0.15, 0.2) is 0 Å². The van der Waals surface area contributed by atoms with Crippen molar-refractivity contribution in [2.75, 3.05) is 7.05 Å². The standard InChI is InChI=1S/C13H18N/c1-9-12-7-5-4-6-11(12)8-13-10(2)14(9,13)3/h4-7,9-10,13H,8H2,1-3H3/q+1. The van der Waals surface area contributed by atoms with E-state index >= 15 is 0 Å². The molecular weight excluding hydrogens is 170 g/mol. The molecule has 3 rings (SSSR count). The molecule has 0 N–H and O–H groups in total. The lowest BCUT2D eigenvalue weighted by atomic mass is 9.94. The third kappa shape index (κ3) is 0.795. The number of quaternary nitrogens is 1. The number of fused-ring (bicyclic) bond motifs is 2. The molecule has 0 radical (unpaired) electrons. The molecule has 2 heterocycles. The lowest BCUT2D eigenvalue weighted by Gasteiger charge is -2.29. The Morgan fingerprint density at radius 3 is 2.71 bits per heavy atom. The topological polar surface area (TPSA) is 0 Å². The van der Waals surface area contributed by atoms with Gasteiger partial charge in [-0.25, -0.2) is 0 Å². The largest absolute Gasteiger partial charge is 0.305 e. The molecule has 4 unspecified atom stereocenters. The first-order valence-corrected chi connectivity index (χ1v) is 5.59. The SMILES string of the molecule is CC1c2ccccc2CC2C(C)[N+]12C. The Balaban J connectivity index is 2.11. The molecule has 1 fully saturated rings. The Bertz CT molecular complexity index is 385. The maximum absolute atomic E-state index is 2.41. The fraction of sp³-hybridized carbons (Fsp3) is 0.538. The Hall–Kier alpha value is -0.820. The van der Waals surface area contributed by atoms with Gasteiger partial charge >= 0.3 is 0 Å². The zero-order valence-electron chi connectivity index (χ0n) is 9.20. The van der Waals surface area contributed by atoms with Crippen molar-refractivity contribution in [1.82, 2.24) is 0 Å². The van der Waals surface area contributed by atoms with Gasteiger partial charge in [-0.3, -0.25) is 0 Å². The second kappa shape index (κ2) is 2.40. The molecule has 2 aliphatic heterocycles. The predicted molar refractivity (Wildman–Crippen MR) is 58.0 cm³/mol. The quantitative estimate of drug-likeness (QED) is 0.433. The maximum Gasteiger partial charge on any atom is 0.146 e. The molecule has 1 nitrogen and oxygen atoms in total. The molecule has 74 valence electrons. The summed E-state index contributed by atoms with van der Waals surface area (Å²) in [6, 6.07) is 11.4. The molecule has 0 saturated carbocycles. The number of rotatable bonds is 0. The van der Waals surface area contributed by atoms with E-state index in [0.29, 0.717) is 6.04 Å². The van der Waals surface area contributed by atoms with E-state index in [1.807, 2.05) is 0 Å². The van der Waals surface area contributed by atoms with Crippen molar-refractivity contribution in [3.05, 3.63) is 35.4 Å². The van der Waals surface area contributed by atoms with E-state index in [4.69, 9.17) is 0 Å². The van der Waals surface area contributed by atoms with Crippen LogP contribution in [0.4, 0.5) is 0 Å². The summed E-state index contributed by atoms with van der Waals surface area (Å²) in [5, 5.41) is 0. The van der Waals surface area contributed by atoms with Gasteiger partial charge in [-0.05, 0) is 19.4 Å². The average molecular weight is 188 g/mol. The highest BCUT2D eigenvalue weighted by atomic mass is 15.5. The van der Waals surface area contributed by atoms with E-state index in [-0.39, 0.29) is 0 Å². The van der Waals surface area contributed by atoms with Crippen LogP contribution in [-0.4, -0.2) is 23.6 Å². The fourth-order valence-electron chi connectivity index (χ4n) is 3.42. The van der Waals surface area contributed by atoms with E-state index < -0.39 is 0 Å². The van der Waals surface area contributed by atoms with Crippen LogP contribution in [0.2, 0.25) is 0 Å². The Morgan fingerprint density at radius 1 is 1.21 bits per heavy atom. The lowest BCUT2D eigenvalue weighted by molar-refractivity contribution is -0.838. The van der Waals surface area contributed by atoms with E-state index in [2.05, 4.69) is 45.2 Å². The molecule has 14 heavy (non-hydrogen) atoms. The summed E-state index contributed by atoms with van der Waals surface area (Å²) in [4.78, 5) is 0. The molecule has 2 aliphatic rings. The summed E-state index contributed by atoms with van der Waals surface area (Å²) < 4.78 is 1.27. The third-order valence-corrected chi connectivity index (χ3v) is 4.83. The van der Waals surface area contributed by atoms with Gasteiger partial charge in [0.05, 0.1) is 7.05 Å². The van der Waals surface area contributed by atoms with E-state index in [1.165, 1.54) is 10.9 Å². The van der Waals surface area contributed by atoms with Gasteiger partial charge in [0.2, 0.25) is 0 Å². The third-order valence-electron chi connectivity index (χ3n) is 4.83. The summed E-state index contributed by atoms with van der Waals surface area (Å²) in [6.07, 6.45) is 1.29. The Labute approximate surface area is 85.9 Å². The van der Waals surface area contributed by atoms with Crippen LogP contribution in [0.15, 0.2) is 24.3 Å². The number of hydrogen-bond donors (Lipinski definition) is 0. The molecule has 0 spiro atoms. The molecular formula is C13H18N+. The smallest absolute Gasteiger partial charge is 0.146 e. The van der Waals surface area contributed by atoms with E-state index in [1.54, 1.807) is 11.1 Å². The van der Waals surface area contributed by atoms with Crippen LogP contribution >= 0.6 is 0 Å². The van der Waals surface area contributed by atoms with Crippen LogP contribution in [0.3, 0.4) is 0 Å². The van der Waals surface area contributed by atoms with Crippen molar-refractivity contribution in [3.63, 3.8) is 0 Å². The first-order chi connectivity index (χ1) is 6.65. The molecule has 1 heteroatoms. The summed E-state index contributed by atoms with van der Waals surface area (Å²) >= 11 is 0. The molecule has 0 amide bonds. The minimum Gasteiger partial charge on any atom is -0.305 e. The minimum atomic E-state index is 0.694. The predicted octanol–water partition coefficient (Wildman–Crippen LogP) is 2.52. The van der Waals surface area contributed by atoms with Crippen LogP contribution in [0, 0.1) is 0 Å². The number of nitrogens with zero attached hydrogens (tertiary/aromatic N) is 1. The van der Waals surface area contributed by atoms with Crippen molar-refractivity contribution in [2.45, 2.75) is 38.4 Å². The normalized spacial score (nSPS) is 44.1. The van der Waals surface area contributed by atoms with Crippen LogP contribution in [0.5, 0.6) is 0 Å². The monoisotopic (exact) mass is 188 g/mol. The van der Waals surface area contributed by atoms with Crippen LogP contribution in [-0.2, 0) is 6.42 Å². The first kappa shape index (κ1) is 8.49. The second-order valence-corrected chi connectivity index (χ2v) is 5.11. The minimum absolute atomic E-state index is 0.694. The molecule has 0 bridgehead atoms. The highest BCUT2D eigenvalue weighted by molar-refractivity contribution is 5.33. The van der Waals surface area contributed by atoms with Gasteiger partial charge in [-0.1, -0.05) is 24.3 Å².